The van der Waals surface area contributed by atoms with Gasteiger partial charge in [-0.15, -0.1) is 0 Å². The van der Waals surface area contributed by atoms with E-state index >= 15 is 0 Å². The zero-order valence-corrected chi connectivity index (χ0v) is 13.5. The normalized spacial score (nSPS) is 10.3. The van der Waals surface area contributed by atoms with Gasteiger partial charge in [0.2, 0.25) is 0 Å². The monoisotopic (exact) mass is 264 g/mol. The smallest absolute Gasteiger partial charge is 0.0856 e. The van der Waals surface area contributed by atoms with Crippen LogP contribution in [0.15, 0.2) is 0 Å². The van der Waals surface area contributed by atoms with Gasteiger partial charge >= 0.3 is 0 Å². The first-order chi connectivity index (χ1) is 8.39. The summed E-state index contributed by atoms with van der Waals surface area (Å²) in [6.45, 7) is 14.4. The summed E-state index contributed by atoms with van der Waals surface area (Å²) < 4.78 is 5.31. The van der Waals surface area contributed by atoms with E-state index in [9.17, 15) is 0 Å². The van der Waals surface area contributed by atoms with Crippen molar-refractivity contribution in [2.75, 3.05) is 33.4 Å². The molecule has 0 bridgehead atoms. The van der Waals surface area contributed by atoms with Crippen molar-refractivity contribution in [3.8, 4) is 0 Å². The minimum atomic E-state index is -0.392. The van der Waals surface area contributed by atoms with Gasteiger partial charge in [-0.25, -0.2) is 0 Å². The summed E-state index contributed by atoms with van der Waals surface area (Å²) in [7, 11) is 1.87. The fourth-order valence-corrected chi connectivity index (χ4v) is 0.808. The maximum absolute atomic E-state index is 8.75. The number of likely N-dealkylation sites (N-methyl/N-ethyl adjacent to an activating group) is 1. The highest BCUT2D eigenvalue weighted by molar-refractivity contribution is 4.65. The van der Waals surface area contributed by atoms with Crippen molar-refractivity contribution in [1.29, 1.82) is 0 Å². The van der Waals surface area contributed by atoms with E-state index in [1.165, 1.54) is 0 Å². The van der Waals surface area contributed by atoms with Crippen LogP contribution in [0.4, 0.5) is 0 Å². The molecule has 0 amide bonds. The average molecular weight is 264 g/mol. The molecule has 0 saturated carbocycles. The molecule has 0 unspecified atom stereocenters. The molecule has 4 nitrogen and oxygen atoms in total. The average Bonchev–Trinajstić information content (AvgIpc) is 2.32. The molecular formula is C14H36N2O2. The Labute approximate surface area is 114 Å². The van der Waals surface area contributed by atoms with Gasteiger partial charge in [0.1, 0.15) is 0 Å². The minimum absolute atomic E-state index is 0.0662. The fourth-order valence-electron chi connectivity index (χ4n) is 0.808. The third-order valence-corrected chi connectivity index (χ3v) is 1.97. The molecule has 18 heavy (non-hydrogen) atoms. The molecule has 114 valence electrons. The zero-order chi connectivity index (χ0) is 15.0. The quantitative estimate of drug-likeness (QED) is 0.615. The van der Waals surface area contributed by atoms with Crippen molar-refractivity contribution in [2.24, 2.45) is 11.7 Å². The lowest BCUT2D eigenvalue weighted by atomic mass is 10.1. The Bertz CT molecular complexity index is 140. The zero-order valence-electron chi connectivity index (χ0n) is 13.5. The van der Waals surface area contributed by atoms with Gasteiger partial charge in [0, 0.05) is 6.54 Å². The molecule has 0 saturated heterocycles. The molecule has 4 heteroatoms. The molecule has 0 aliphatic carbocycles. The Morgan fingerprint density at radius 2 is 1.78 bits per heavy atom. The Balaban J connectivity index is -0.000000241. The number of nitrogens with one attached hydrogen (secondary N) is 1. The highest BCUT2D eigenvalue weighted by Gasteiger charge is 2.15. The van der Waals surface area contributed by atoms with Gasteiger partial charge in [0.15, 0.2) is 0 Å². The van der Waals surface area contributed by atoms with Gasteiger partial charge in [-0.3, -0.25) is 0 Å². The molecule has 0 heterocycles. The second kappa shape index (κ2) is 16.8. The molecular weight excluding hydrogens is 228 g/mol. The van der Waals surface area contributed by atoms with E-state index in [1.807, 2.05) is 34.7 Å². The van der Waals surface area contributed by atoms with E-state index in [0.29, 0.717) is 6.61 Å². The number of ether oxygens (including phenoxy) is 1. The predicted octanol–water partition coefficient (Wildman–Crippen LogP) is 2.01. The molecule has 0 spiro atoms. The summed E-state index contributed by atoms with van der Waals surface area (Å²) in [6.07, 6.45) is 1.15. The molecule has 0 radical (unpaired) electrons. The highest BCUT2D eigenvalue weighted by atomic mass is 16.5. The lowest BCUT2D eigenvalue weighted by Crippen LogP contribution is -2.31. The van der Waals surface area contributed by atoms with Crippen LogP contribution in [0.5, 0.6) is 0 Å². The van der Waals surface area contributed by atoms with Crippen molar-refractivity contribution in [3.63, 3.8) is 0 Å². The van der Waals surface area contributed by atoms with Gasteiger partial charge in [-0.05, 0) is 39.8 Å². The minimum Gasteiger partial charge on any atom is -0.393 e. The fraction of sp³-hybridized carbons (Fsp3) is 1.00. The van der Waals surface area contributed by atoms with Crippen LogP contribution in [0.1, 0.15) is 48.0 Å². The summed E-state index contributed by atoms with van der Waals surface area (Å²) in [5.74, 6) is 0.773. The molecule has 0 aromatic carbocycles. The summed E-state index contributed by atoms with van der Waals surface area (Å²) >= 11 is 0. The van der Waals surface area contributed by atoms with E-state index in [4.69, 9.17) is 15.6 Å². The topological polar surface area (TPSA) is 67.5 Å². The van der Waals surface area contributed by atoms with Crippen molar-refractivity contribution in [1.82, 2.24) is 5.32 Å². The van der Waals surface area contributed by atoms with Gasteiger partial charge in [-0.2, -0.15) is 0 Å². The Hall–Kier alpha value is -0.160. The molecule has 0 fully saturated rings. The largest absolute Gasteiger partial charge is 0.393 e. The predicted molar refractivity (Wildman–Crippen MR) is 80.9 cm³/mol. The van der Waals surface area contributed by atoms with E-state index in [2.05, 4.69) is 19.2 Å². The number of aliphatic hydroxyl groups is 1. The Morgan fingerprint density at radius 1 is 1.28 bits per heavy atom. The van der Waals surface area contributed by atoms with Crippen LogP contribution in [0.2, 0.25) is 0 Å². The van der Waals surface area contributed by atoms with E-state index in [-0.39, 0.29) is 6.61 Å². The number of aliphatic hydroxyl groups excluding tert-OH is 1. The van der Waals surface area contributed by atoms with E-state index in [1.54, 1.807) is 0 Å². The molecule has 0 aliphatic heterocycles. The van der Waals surface area contributed by atoms with Gasteiger partial charge < -0.3 is 20.9 Å². The Morgan fingerprint density at radius 3 is 2.00 bits per heavy atom. The molecule has 0 aliphatic rings. The first-order valence-electron chi connectivity index (χ1n) is 6.99. The highest BCUT2D eigenvalue weighted by Crippen LogP contribution is 2.05. The second-order valence-corrected chi connectivity index (χ2v) is 4.84. The lowest BCUT2D eigenvalue weighted by molar-refractivity contribution is -0.0514. The summed E-state index contributed by atoms with van der Waals surface area (Å²) in [5, 5.41) is 11.7. The van der Waals surface area contributed by atoms with Crippen molar-refractivity contribution in [2.45, 2.75) is 53.6 Å². The first-order valence-corrected chi connectivity index (χ1v) is 6.99. The molecule has 0 aromatic rings. The first kappa shape index (κ1) is 23.0. The van der Waals surface area contributed by atoms with Crippen molar-refractivity contribution >= 4 is 0 Å². The number of hydrogen-bond acceptors (Lipinski definition) is 4. The van der Waals surface area contributed by atoms with Crippen LogP contribution < -0.4 is 11.1 Å². The van der Waals surface area contributed by atoms with Crippen molar-refractivity contribution in [3.05, 3.63) is 0 Å². The number of hydrogen-bond donors (Lipinski definition) is 3. The van der Waals surface area contributed by atoms with Crippen LogP contribution in [0.3, 0.4) is 0 Å². The maximum Gasteiger partial charge on any atom is 0.0856 e. The molecule has 0 aromatic heterocycles. The van der Waals surface area contributed by atoms with Crippen molar-refractivity contribution < 1.29 is 9.84 Å². The van der Waals surface area contributed by atoms with E-state index < -0.39 is 5.60 Å². The van der Waals surface area contributed by atoms with Crippen LogP contribution in [-0.4, -0.2) is 44.1 Å². The maximum atomic E-state index is 8.75. The molecule has 4 N–H and O–H groups in total. The van der Waals surface area contributed by atoms with Gasteiger partial charge in [0.25, 0.3) is 0 Å². The summed E-state index contributed by atoms with van der Waals surface area (Å²) in [4.78, 5) is 0. The third-order valence-electron chi connectivity index (χ3n) is 1.97. The lowest BCUT2D eigenvalue weighted by Gasteiger charge is -2.22. The SMILES string of the molecule is CC.CC(C)CCN.CNCCOC(C)(C)CO. The summed E-state index contributed by atoms with van der Waals surface area (Å²) in [5.41, 5.74) is 4.84. The van der Waals surface area contributed by atoms with Crippen LogP contribution in [0, 0.1) is 5.92 Å². The third kappa shape index (κ3) is 24.9. The van der Waals surface area contributed by atoms with Crippen LogP contribution >= 0.6 is 0 Å². The van der Waals surface area contributed by atoms with Crippen LogP contribution in [-0.2, 0) is 4.74 Å². The van der Waals surface area contributed by atoms with Gasteiger partial charge in [-0.1, -0.05) is 27.7 Å². The summed E-state index contributed by atoms with van der Waals surface area (Å²) in [6, 6.07) is 0. The van der Waals surface area contributed by atoms with Gasteiger partial charge in [0.05, 0.1) is 18.8 Å². The molecule has 0 atom stereocenters. The number of nitrogens with two attached hydrogens (primary N) is 1. The second-order valence-electron chi connectivity index (χ2n) is 4.84. The van der Waals surface area contributed by atoms with E-state index in [0.717, 1.165) is 25.4 Å². The molecule has 0 rings (SSSR count). The Kier molecular flexibility index (Phi) is 21.5. The standard InChI is InChI=1S/C7H17NO2.C5H13N.C2H6/c1-7(2,6-9)10-5-4-8-3;1-5(2)3-4-6;1-2/h8-9H,4-6H2,1-3H3;5H,3-4,6H2,1-2H3;1-2H3. The number of rotatable bonds is 7. The van der Waals surface area contributed by atoms with Crippen LogP contribution in [0.25, 0.3) is 0 Å².